The van der Waals surface area contributed by atoms with Crippen LogP contribution in [0.15, 0.2) is 41.8 Å². The maximum Gasteiger partial charge on any atom is 0.267 e. The molecule has 27 heavy (non-hydrogen) atoms. The van der Waals surface area contributed by atoms with E-state index in [0.29, 0.717) is 15.7 Å². The summed E-state index contributed by atoms with van der Waals surface area (Å²) in [5.41, 5.74) is 7.52. The number of thiazole rings is 1. The molecule has 0 saturated heterocycles. The van der Waals surface area contributed by atoms with Gasteiger partial charge in [0.05, 0.1) is 28.4 Å². The number of nitrogens with zero attached hydrogens (tertiary/aromatic N) is 3. The van der Waals surface area contributed by atoms with Gasteiger partial charge in [0, 0.05) is 10.8 Å². The molecule has 3 heterocycles. The molecule has 0 radical (unpaired) electrons. The number of aryl methyl sites for hydroxylation is 1. The molecule has 0 saturated carbocycles. The molecule has 4 rings (SSSR count). The van der Waals surface area contributed by atoms with Crippen molar-refractivity contribution in [2.75, 3.05) is 5.32 Å². The van der Waals surface area contributed by atoms with Crippen molar-refractivity contribution >= 4 is 49.8 Å². The molecule has 3 aromatic heterocycles. The molecule has 3 N–H and O–H groups in total. The Kier molecular flexibility index (Phi) is 4.46. The highest BCUT2D eigenvalue weighted by Gasteiger charge is 2.18. The van der Waals surface area contributed by atoms with Gasteiger partial charge in [-0.2, -0.15) is 5.10 Å². The molecular formula is C18H15N5O2S2. The maximum absolute atomic E-state index is 12.6. The fraction of sp³-hybridized carbons (Fsp3) is 0.111. The van der Waals surface area contributed by atoms with Crippen LogP contribution in [0.2, 0.25) is 0 Å². The number of thiophene rings is 1. The summed E-state index contributed by atoms with van der Waals surface area (Å²) in [5.74, 6) is -0.696. The van der Waals surface area contributed by atoms with Crippen molar-refractivity contribution in [2.24, 2.45) is 5.73 Å². The maximum atomic E-state index is 12.6. The predicted octanol–water partition coefficient (Wildman–Crippen LogP) is 3.13. The molecule has 7 nitrogen and oxygen atoms in total. The average Bonchev–Trinajstić information content (AvgIpc) is 3.32. The quantitative estimate of drug-likeness (QED) is 0.540. The number of hydrogen-bond acceptors (Lipinski definition) is 6. The minimum Gasteiger partial charge on any atom is -0.369 e. The monoisotopic (exact) mass is 397 g/mol. The summed E-state index contributed by atoms with van der Waals surface area (Å²) in [6.45, 7) is 1.92. The van der Waals surface area contributed by atoms with Crippen molar-refractivity contribution in [1.82, 2.24) is 14.8 Å². The molecule has 0 aliphatic rings. The molecule has 0 spiro atoms. The van der Waals surface area contributed by atoms with Gasteiger partial charge in [0.15, 0.2) is 5.13 Å². The van der Waals surface area contributed by atoms with E-state index in [1.807, 2.05) is 48.0 Å². The van der Waals surface area contributed by atoms with Gasteiger partial charge in [0.2, 0.25) is 5.91 Å². The van der Waals surface area contributed by atoms with Crippen LogP contribution in [0.5, 0.6) is 0 Å². The van der Waals surface area contributed by atoms with E-state index in [1.54, 1.807) is 5.38 Å². The molecule has 1 aromatic carbocycles. The largest absolute Gasteiger partial charge is 0.369 e. The summed E-state index contributed by atoms with van der Waals surface area (Å²) < 4.78 is 1.85. The first-order valence-electron chi connectivity index (χ1n) is 8.10. The molecular weight excluding hydrogens is 382 g/mol. The summed E-state index contributed by atoms with van der Waals surface area (Å²) >= 11 is 2.64. The highest BCUT2D eigenvalue weighted by molar-refractivity contribution is 7.20. The van der Waals surface area contributed by atoms with Gasteiger partial charge in [-0.1, -0.05) is 18.2 Å². The highest BCUT2D eigenvalue weighted by Crippen LogP contribution is 2.31. The number of hydrogen-bond donors (Lipinski definition) is 2. The third-order valence-corrected chi connectivity index (χ3v) is 5.81. The van der Waals surface area contributed by atoms with Crippen LogP contribution in [0, 0.1) is 6.92 Å². The first kappa shape index (κ1) is 17.4. The first-order valence-corrected chi connectivity index (χ1v) is 9.79. The molecule has 4 aromatic rings. The van der Waals surface area contributed by atoms with Gasteiger partial charge in [-0.05, 0) is 25.1 Å². The fourth-order valence-corrected chi connectivity index (χ4v) is 4.47. The number of amides is 2. The summed E-state index contributed by atoms with van der Waals surface area (Å²) in [5, 5.41) is 10.5. The molecule has 0 unspecified atom stereocenters. The van der Waals surface area contributed by atoms with Crippen molar-refractivity contribution in [2.45, 2.75) is 13.3 Å². The Bertz CT molecular complexity index is 1140. The Morgan fingerprint density at radius 3 is 2.78 bits per heavy atom. The lowest BCUT2D eigenvalue weighted by molar-refractivity contribution is -0.117. The number of aromatic nitrogens is 3. The van der Waals surface area contributed by atoms with Gasteiger partial charge in [-0.25, -0.2) is 9.67 Å². The topological polar surface area (TPSA) is 103 Å². The van der Waals surface area contributed by atoms with Crippen molar-refractivity contribution < 1.29 is 9.59 Å². The zero-order valence-corrected chi connectivity index (χ0v) is 15.9. The third kappa shape index (κ3) is 3.46. The number of fused-ring (bicyclic) bond motifs is 1. The van der Waals surface area contributed by atoms with Crippen LogP contribution in [-0.2, 0) is 11.2 Å². The Morgan fingerprint density at radius 1 is 1.26 bits per heavy atom. The molecule has 0 aliphatic heterocycles. The van der Waals surface area contributed by atoms with Crippen LogP contribution in [0.4, 0.5) is 5.13 Å². The fourth-order valence-electron chi connectivity index (χ4n) is 2.69. The highest BCUT2D eigenvalue weighted by atomic mass is 32.1. The lowest BCUT2D eigenvalue weighted by atomic mass is 10.3. The van der Waals surface area contributed by atoms with Gasteiger partial charge in [-0.3, -0.25) is 14.9 Å². The second-order valence-corrected chi connectivity index (χ2v) is 7.79. The summed E-state index contributed by atoms with van der Waals surface area (Å²) in [4.78, 5) is 29.3. The Labute approximate surface area is 162 Å². The number of nitrogens with two attached hydrogens (primary N) is 1. The van der Waals surface area contributed by atoms with Gasteiger partial charge >= 0.3 is 0 Å². The van der Waals surface area contributed by atoms with Crippen molar-refractivity contribution in [3.05, 3.63) is 58.0 Å². The van der Waals surface area contributed by atoms with E-state index in [9.17, 15) is 9.59 Å². The first-order chi connectivity index (χ1) is 13.0. The smallest absolute Gasteiger partial charge is 0.267 e. The van der Waals surface area contributed by atoms with Crippen LogP contribution in [0.3, 0.4) is 0 Å². The van der Waals surface area contributed by atoms with Gasteiger partial charge < -0.3 is 5.73 Å². The molecule has 0 fully saturated rings. The van der Waals surface area contributed by atoms with Crippen molar-refractivity contribution in [3.8, 4) is 5.69 Å². The molecule has 0 atom stereocenters. The molecule has 136 valence electrons. The number of nitrogens with one attached hydrogen (secondary N) is 1. The Morgan fingerprint density at radius 2 is 2.04 bits per heavy atom. The number of anilines is 1. The molecule has 9 heteroatoms. The normalized spacial score (nSPS) is 11.0. The third-order valence-electron chi connectivity index (χ3n) is 3.90. The predicted molar refractivity (Wildman–Crippen MR) is 107 cm³/mol. The van der Waals surface area contributed by atoms with Crippen LogP contribution < -0.4 is 11.1 Å². The SMILES string of the molecule is Cc1nn(-c2ccccc2)c2sc(C(=O)Nc3nc(CC(N)=O)cs3)cc12. The van der Waals surface area contributed by atoms with E-state index in [-0.39, 0.29) is 12.3 Å². The second-order valence-electron chi connectivity index (χ2n) is 5.90. The zero-order valence-electron chi connectivity index (χ0n) is 14.3. The average molecular weight is 397 g/mol. The van der Waals surface area contributed by atoms with Crippen LogP contribution in [0.1, 0.15) is 21.1 Å². The van der Waals surface area contributed by atoms with Crippen molar-refractivity contribution in [3.63, 3.8) is 0 Å². The van der Waals surface area contributed by atoms with E-state index in [0.717, 1.165) is 21.6 Å². The molecule has 0 aliphatic carbocycles. The summed E-state index contributed by atoms with van der Waals surface area (Å²) in [6.07, 6.45) is 0.0569. The number of benzene rings is 1. The minimum atomic E-state index is -0.455. The Hall–Kier alpha value is -3.04. The lowest BCUT2D eigenvalue weighted by Crippen LogP contribution is -2.14. The zero-order chi connectivity index (χ0) is 19.0. The number of primary amides is 1. The second kappa shape index (κ2) is 6.93. The van der Waals surface area contributed by atoms with Gasteiger partial charge in [-0.15, -0.1) is 22.7 Å². The number of carbonyl (C=O) groups excluding carboxylic acids is 2. The minimum absolute atomic E-state index is 0.0569. The number of rotatable bonds is 5. The van der Waals surface area contributed by atoms with Crippen molar-refractivity contribution in [1.29, 1.82) is 0 Å². The van der Waals surface area contributed by atoms with E-state index in [1.165, 1.54) is 22.7 Å². The summed E-state index contributed by atoms with van der Waals surface area (Å²) in [7, 11) is 0. The number of carbonyl (C=O) groups is 2. The lowest BCUT2D eigenvalue weighted by Gasteiger charge is -2.01. The Balaban J connectivity index is 1.61. The van der Waals surface area contributed by atoms with E-state index in [4.69, 9.17) is 5.73 Å². The van der Waals surface area contributed by atoms with E-state index >= 15 is 0 Å². The van der Waals surface area contributed by atoms with Gasteiger partial charge in [0.25, 0.3) is 5.91 Å². The standard InChI is InChI=1S/C18H15N5O2S2/c1-10-13-8-14(16(25)21-18-20-11(9-26-18)7-15(19)24)27-17(13)23(22-10)12-5-3-2-4-6-12/h2-6,8-9H,7H2,1H3,(H2,19,24)(H,20,21,25). The summed E-state index contributed by atoms with van der Waals surface area (Å²) in [6, 6.07) is 11.6. The van der Waals surface area contributed by atoms with E-state index in [2.05, 4.69) is 15.4 Å². The van der Waals surface area contributed by atoms with E-state index < -0.39 is 5.91 Å². The van der Waals surface area contributed by atoms with Crippen LogP contribution >= 0.6 is 22.7 Å². The number of para-hydroxylation sites is 1. The molecule has 0 bridgehead atoms. The van der Waals surface area contributed by atoms with Crippen LogP contribution in [0.25, 0.3) is 15.9 Å². The van der Waals surface area contributed by atoms with Gasteiger partial charge in [0.1, 0.15) is 4.83 Å². The van der Waals surface area contributed by atoms with Crippen LogP contribution in [-0.4, -0.2) is 26.6 Å². The molecule has 2 amide bonds.